The van der Waals surface area contributed by atoms with E-state index in [4.69, 9.17) is 5.11 Å². The summed E-state index contributed by atoms with van der Waals surface area (Å²) in [5.74, 6) is 0.899. The Morgan fingerprint density at radius 3 is 2.45 bits per heavy atom. The monoisotopic (exact) mass is 175 g/mol. The molecule has 0 amide bonds. The van der Waals surface area contributed by atoms with Gasteiger partial charge in [0.05, 0.1) is 6.61 Å². The van der Waals surface area contributed by atoms with E-state index in [0.29, 0.717) is 0 Å². The zero-order chi connectivity index (χ0) is 8.10. The molecule has 1 rings (SSSR count). The molecule has 0 aromatic heterocycles. The van der Waals surface area contributed by atoms with Crippen LogP contribution >= 0.6 is 12.6 Å². The average molecular weight is 175 g/mol. The Morgan fingerprint density at radius 1 is 1.36 bits per heavy atom. The molecule has 0 aromatic carbocycles. The van der Waals surface area contributed by atoms with Gasteiger partial charge in [0.2, 0.25) is 0 Å². The van der Waals surface area contributed by atoms with Gasteiger partial charge in [0.1, 0.15) is 0 Å². The van der Waals surface area contributed by atoms with Gasteiger partial charge in [0, 0.05) is 24.9 Å². The maximum Gasteiger partial charge on any atom is 0.0558 e. The second kappa shape index (κ2) is 5.01. The van der Waals surface area contributed by atoms with Gasteiger partial charge >= 0.3 is 0 Å². The van der Waals surface area contributed by atoms with Crippen LogP contribution in [0.4, 0.5) is 0 Å². The van der Waals surface area contributed by atoms with Crippen molar-refractivity contribution in [1.29, 1.82) is 0 Å². The van der Waals surface area contributed by atoms with Crippen LogP contribution in [0.15, 0.2) is 0 Å². The molecule has 1 N–H and O–H groups in total. The molecule has 0 bridgehead atoms. The summed E-state index contributed by atoms with van der Waals surface area (Å²) in [6.07, 6.45) is 3.99. The fourth-order valence-electron chi connectivity index (χ4n) is 1.49. The summed E-state index contributed by atoms with van der Waals surface area (Å²) < 4.78 is 0. The quantitative estimate of drug-likeness (QED) is 0.603. The van der Waals surface area contributed by atoms with Gasteiger partial charge in [-0.25, -0.2) is 0 Å². The van der Waals surface area contributed by atoms with E-state index in [0.717, 1.165) is 24.9 Å². The summed E-state index contributed by atoms with van der Waals surface area (Å²) in [7, 11) is 0. The van der Waals surface area contributed by atoms with Gasteiger partial charge in [-0.05, 0) is 12.8 Å². The molecule has 1 aliphatic carbocycles. The van der Waals surface area contributed by atoms with Crippen molar-refractivity contribution in [3.8, 4) is 0 Å². The van der Waals surface area contributed by atoms with E-state index in [1.54, 1.807) is 0 Å². The van der Waals surface area contributed by atoms with Gasteiger partial charge in [-0.15, -0.1) is 0 Å². The molecule has 0 saturated heterocycles. The third-order valence-corrected chi connectivity index (χ3v) is 2.57. The first-order valence-electron chi connectivity index (χ1n) is 4.34. The number of hydrogen-bond donors (Lipinski definition) is 2. The highest BCUT2D eigenvalue weighted by atomic mass is 32.1. The molecule has 11 heavy (non-hydrogen) atoms. The van der Waals surface area contributed by atoms with Gasteiger partial charge < -0.3 is 5.11 Å². The summed E-state index contributed by atoms with van der Waals surface area (Å²) in [6, 6.07) is 0.745. The molecule has 66 valence electrons. The first-order valence-corrected chi connectivity index (χ1v) is 4.97. The van der Waals surface area contributed by atoms with Crippen molar-refractivity contribution in [3.05, 3.63) is 0 Å². The Bertz CT molecular complexity index is 100. The molecule has 0 spiro atoms. The Balaban J connectivity index is 2.19. The summed E-state index contributed by atoms with van der Waals surface area (Å²) in [5.41, 5.74) is 0. The predicted octanol–water partition coefficient (Wildman–Crippen LogP) is 0.763. The number of aliphatic hydroxyl groups excluding tert-OH is 1. The Kier molecular flexibility index (Phi) is 4.26. The maximum absolute atomic E-state index is 8.77. The minimum atomic E-state index is 0.282. The number of aliphatic hydroxyl groups is 1. The SMILES string of the molecule is OCCN(CCS)C1CCC1. The topological polar surface area (TPSA) is 23.5 Å². The first kappa shape index (κ1) is 9.36. The highest BCUT2D eigenvalue weighted by Crippen LogP contribution is 2.24. The molecule has 1 saturated carbocycles. The lowest BCUT2D eigenvalue weighted by atomic mass is 9.91. The molecule has 2 nitrogen and oxygen atoms in total. The largest absolute Gasteiger partial charge is 0.395 e. The van der Waals surface area contributed by atoms with Crippen LogP contribution < -0.4 is 0 Å². The van der Waals surface area contributed by atoms with Crippen LogP contribution in [0, 0.1) is 0 Å². The summed E-state index contributed by atoms with van der Waals surface area (Å²) >= 11 is 4.19. The lowest BCUT2D eigenvalue weighted by Gasteiger charge is -2.36. The molecular formula is C8H17NOS. The van der Waals surface area contributed by atoms with Crippen molar-refractivity contribution in [2.45, 2.75) is 25.3 Å². The van der Waals surface area contributed by atoms with Gasteiger partial charge in [0.15, 0.2) is 0 Å². The third-order valence-electron chi connectivity index (χ3n) is 2.37. The molecular weight excluding hydrogens is 158 g/mol. The summed E-state index contributed by atoms with van der Waals surface area (Å²) in [4.78, 5) is 2.34. The van der Waals surface area contributed by atoms with Crippen LogP contribution in [-0.2, 0) is 0 Å². The van der Waals surface area contributed by atoms with Gasteiger partial charge in [-0.2, -0.15) is 12.6 Å². The predicted molar refractivity (Wildman–Crippen MR) is 50.2 cm³/mol. The maximum atomic E-state index is 8.77. The lowest BCUT2D eigenvalue weighted by Crippen LogP contribution is -2.42. The van der Waals surface area contributed by atoms with Gasteiger partial charge in [-0.3, -0.25) is 4.90 Å². The fraction of sp³-hybridized carbons (Fsp3) is 1.00. The van der Waals surface area contributed by atoms with E-state index in [1.807, 2.05) is 0 Å². The fourth-order valence-corrected chi connectivity index (χ4v) is 1.74. The van der Waals surface area contributed by atoms with Crippen molar-refractivity contribution in [2.75, 3.05) is 25.4 Å². The Morgan fingerprint density at radius 2 is 2.09 bits per heavy atom. The van der Waals surface area contributed by atoms with E-state index in [1.165, 1.54) is 19.3 Å². The van der Waals surface area contributed by atoms with Crippen LogP contribution in [0.1, 0.15) is 19.3 Å². The van der Waals surface area contributed by atoms with Crippen molar-refractivity contribution in [3.63, 3.8) is 0 Å². The zero-order valence-corrected chi connectivity index (χ0v) is 7.76. The second-order valence-corrected chi connectivity index (χ2v) is 3.52. The van der Waals surface area contributed by atoms with Crippen LogP contribution in [-0.4, -0.2) is 41.5 Å². The highest BCUT2D eigenvalue weighted by Gasteiger charge is 2.23. The smallest absolute Gasteiger partial charge is 0.0558 e. The van der Waals surface area contributed by atoms with Gasteiger partial charge in [0.25, 0.3) is 0 Å². The molecule has 0 heterocycles. The average Bonchev–Trinajstić information content (AvgIpc) is 1.85. The normalized spacial score (nSPS) is 18.8. The molecule has 0 unspecified atom stereocenters. The molecule has 0 aliphatic heterocycles. The standard InChI is InChI=1S/C8H17NOS/c10-6-4-9(5-7-11)8-2-1-3-8/h8,10-11H,1-7H2. The van der Waals surface area contributed by atoms with E-state index in [-0.39, 0.29) is 6.61 Å². The third kappa shape index (κ3) is 2.65. The minimum Gasteiger partial charge on any atom is -0.395 e. The van der Waals surface area contributed by atoms with E-state index < -0.39 is 0 Å². The van der Waals surface area contributed by atoms with Crippen LogP contribution in [0.25, 0.3) is 0 Å². The Labute approximate surface area is 74.0 Å². The van der Waals surface area contributed by atoms with E-state index >= 15 is 0 Å². The molecule has 1 aliphatic rings. The van der Waals surface area contributed by atoms with Crippen molar-refractivity contribution in [1.82, 2.24) is 4.90 Å². The minimum absolute atomic E-state index is 0.282. The molecule has 1 fully saturated rings. The lowest BCUT2D eigenvalue weighted by molar-refractivity contribution is 0.108. The van der Waals surface area contributed by atoms with Crippen LogP contribution in [0.5, 0.6) is 0 Å². The summed E-state index contributed by atoms with van der Waals surface area (Å²) in [5, 5.41) is 8.77. The number of rotatable bonds is 5. The molecule has 0 radical (unpaired) electrons. The number of thiol groups is 1. The highest BCUT2D eigenvalue weighted by molar-refractivity contribution is 7.80. The molecule has 3 heteroatoms. The van der Waals surface area contributed by atoms with Crippen molar-refractivity contribution in [2.24, 2.45) is 0 Å². The Hall–Kier alpha value is 0.270. The van der Waals surface area contributed by atoms with E-state index in [9.17, 15) is 0 Å². The number of nitrogens with zero attached hydrogens (tertiary/aromatic N) is 1. The molecule has 0 atom stereocenters. The van der Waals surface area contributed by atoms with Crippen molar-refractivity contribution < 1.29 is 5.11 Å². The zero-order valence-electron chi connectivity index (χ0n) is 6.87. The first-order chi connectivity index (χ1) is 5.38. The second-order valence-electron chi connectivity index (χ2n) is 3.07. The number of hydrogen-bond acceptors (Lipinski definition) is 3. The van der Waals surface area contributed by atoms with Crippen molar-refractivity contribution >= 4 is 12.6 Å². The van der Waals surface area contributed by atoms with Gasteiger partial charge in [-0.1, -0.05) is 6.42 Å². The van der Waals surface area contributed by atoms with Crippen LogP contribution in [0.3, 0.4) is 0 Å². The van der Waals surface area contributed by atoms with Crippen LogP contribution in [0.2, 0.25) is 0 Å². The summed E-state index contributed by atoms with van der Waals surface area (Å²) in [6.45, 7) is 2.13. The van der Waals surface area contributed by atoms with E-state index in [2.05, 4.69) is 17.5 Å². The molecule has 0 aromatic rings.